The van der Waals surface area contributed by atoms with Gasteiger partial charge in [-0.2, -0.15) is 0 Å². The number of pyridine rings is 1. The number of hydrogen-bond acceptors (Lipinski definition) is 5. The Hall–Kier alpha value is -3.48. The Morgan fingerprint density at radius 3 is 2.67 bits per heavy atom. The van der Waals surface area contributed by atoms with Crippen LogP contribution in [0, 0.1) is 0 Å². The topological polar surface area (TPSA) is 89.7 Å². The molecule has 0 saturated carbocycles. The monoisotopic (exact) mass is 366 g/mol. The van der Waals surface area contributed by atoms with Crippen LogP contribution in [0.15, 0.2) is 47.3 Å². The molecule has 1 aliphatic heterocycles. The van der Waals surface area contributed by atoms with Crippen molar-refractivity contribution in [1.82, 2.24) is 10.3 Å². The second-order valence-corrected chi connectivity index (χ2v) is 6.08. The first-order valence-corrected chi connectivity index (χ1v) is 8.52. The Balaban J connectivity index is 1.61. The molecule has 0 fully saturated rings. The predicted molar refractivity (Wildman–Crippen MR) is 99.7 cm³/mol. The second-order valence-electron chi connectivity index (χ2n) is 6.08. The molecule has 0 saturated heterocycles. The van der Waals surface area contributed by atoms with Crippen molar-refractivity contribution in [2.75, 3.05) is 20.3 Å². The fourth-order valence-corrected chi connectivity index (χ4v) is 3.10. The van der Waals surface area contributed by atoms with Crippen LogP contribution >= 0.6 is 0 Å². The summed E-state index contributed by atoms with van der Waals surface area (Å²) >= 11 is 0. The van der Waals surface area contributed by atoms with E-state index in [1.807, 2.05) is 6.07 Å². The number of hydrogen-bond donors (Lipinski definition) is 2. The fourth-order valence-electron chi connectivity index (χ4n) is 3.10. The van der Waals surface area contributed by atoms with Crippen molar-refractivity contribution < 1.29 is 19.0 Å². The van der Waals surface area contributed by atoms with Crippen LogP contribution in [0.5, 0.6) is 17.2 Å². The van der Waals surface area contributed by atoms with Crippen LogP contribution in [0.25, 0.3) is 10.9 Å². The van der Waals surface area contributed by atoms with Gasteiger partial charge in [0, 0.05) is 35.1 Å². The average molecular weight is 366 g/mol. The van der Waals surface area contributed by atoms with Crippen LogP contribution < -0.4 is 25.1 Å². The van der Waals surface area contributed by atoms with E-state index in [0.29, 0.717) is 46.9 Å². The summed E-state index contributed by atoms with van der Waals surface area (Å²) in [6, 6.07) is 12.0. The molecule has 27 heavy (non-hydrogen) atoms. The molecule has 3 aromatic rings. The molecule has 0 atom stereocenters. The Bertz CT molecular complexity index is 1070. The number of aromatic nitrogens is 1. The maximum Gasteiger partial charge on any atom is 0.252 e. The van der Waals surface area contributed by atoms with Gasteiger partial charge in [-0.25, -0.2) is 0 Å². The molecule has 1 aromatic heterocycles. The van der Waals surface area contributed by atoms with E-state index in [4.69, 9.17) is 14.2 Å². The van der Waals surface area contributed by atoms with Crippen LogP contribution in [0.3, 0.4) is 0 Å². The Labute approximate surface area is 154 Å². The molecule has 0 radical (unpaired) electrons. The Morgan fingerprint density at radius 2 is 1.89 bits per heavy atom. The maximum absolute atomic E-state index is 12.7. The predicted octanol–water partition coefficient (Wildman–Crippen LogP) is 2.24. The molecule has 2 N–H and O–H groups in total. The third kappa shape index (κ3) is 3.31. The van der Waals surface area contributed by atoms with Crippen LogP contribution in [0.4, 0.5) is 0 Å². The zero-order valence-electron chi connectivity index (χ0n) is 14.7. The molecule has 0 unspecified atom stereocenters. The third-order valence-corrected chi connectivity index (χ3v) is 4.38. The Kier molecular flexibility index (Phi) is 4.42. The van der Waals surface area contributed by atoms with Crippen molar-refractivity contribution >= 4 is 16.8 Å². The smallest absolute Gasteiger partial charge is 0.252 e. The maximum atomic E-state index is 12.7. The van der Waals surface area contributed by atoms with E-state index >= 15 is 0 Å². The highest BCUT2D eigenvalue weighted by Gasteiger charge is 2.18. The van der Waals surface area contributed by atoms with E-state index in [0.717, 1.165) is 5.56 Å². The molecule has 7 nitrogen and oxygen atoms in total. The van der Waals surface area contributed by atoms with Crippen LogP contribution in [0.1, 0.15) is 15.9 Å². The van der Waals surface area contributed by atoms with Gasteiger partial charge in [-0.3, -0.25) is 9.59 Å². The van der Waals surface area contributed by atoms with E-state index in [1.54, 1.807) is 37.4 Å². The fraction of sp³-hybridized carbons (Fsp3) is 0.200. The molecule has 2 heterocycles. The van der Waals surface area contributed by atoms with E-state index in [-0.39, 0.29) is 18.0 Å². The van der Waals surface area contributed by atoms with Gasteiger partial charge in [-0.05, 0) is 12.1 Å². The number of rotatable bonds is 4. The quantitative estimate of drug-likeness (QED) is 0.739. The van der Waals surface area contributed by atoms with Gasteiger partial charge in [0.25, 0.3) is 5.91 Å². The van der Waals surface area contributed by atoms with Gasteiger partial charge in [0.1, 0.15) is 19.0 Å². The first kappa shape index (κ1) is 17.0. The summed E-state index contributed by atoms with van der Waals surface area (Å²) in [5.74, 6) is 1.49. The molecule has 4 rings (SSSR count). The lowest BCUT2D eigenvalue weighted by Crippen LogP contribution is -2.25. The van der Waals surface area contributed by atoms with E-state index in [2.05, 4.69) is 10.3 Å². The van der Waals surface area contributed by atoms with Gasteiger partial charge in [0.05, 0.1) is 12.7 Å². The third-order valence-electron chi connectivity index (χ3n) is 4.38. The van der Waals surface area contributed by atoms with Gasteiger partial charge in [-0.1, -0.05) is 18.2 Å². The highest BCUT2D eigenvalue weighted by atomic mass is 16.6. The number of fused-ring (bicyclic) bond motifs is 2. The normalized spacial score (nSPS) is 12.6. The number of methoxy groups -OCH3 is 1. The standard InChI is InChI=1S/C20H18N2O5/c1-25-16-10-18-17(26-6-7-27-18)8-12(16)11-21-20(24)14-9-19(23)22-15-5-3-2-4-13(14)15/h2-5,8-10H,6-7,11H2,1H3,(H,21,24)(H,22,23). The summed E-state index contributed by atoms with van der Waals surface area (Å²) in [6.45, 7) is 1.19. The molecule has 138 valence electrons. The molecular formula is C20H18N2O5. The number of H-pyrrole nitrogens is 1. The molecular weight excluding hydrogens is 348 g/mol. The molecule has 0 spiro atoms. The van der Waals surface area contributed by atoms with Gasteiger partial charge < -0.3 is 24.5 Å². The summed E-state index contributed by atoms with van der Waals surface area (Å²) in [7, 11) is 1.56. The number of para-hydroxylation sites is 1. The van der Waals surface area contributed by atoms with Crippen molar-refractivity contribution in [1.29, 1.82) is 0 Å². The molecule has 1 aliphatic rings. The number of amides is 1. The number of carbonyl (C=O) groups excluding carboxylic acids is 1. The Morgan fingerprint density at radius 1 is 1.15 bits per heavy atom. The number of benzene rings is 2. The molecule has 1 amide bonds. The minimum absolute atomic E-state index is 0.222. The minimum atomic E-state index is -0.339. The van der Waals surface area contributed by atoms with Crippen molar-refractivity contribution in [2.45, 2.75) is 6.54 Å². The summed E-state index contributed by atoms with van der Waals surface area (Å²) in [5.41, 5.74) is 1.37. The minimum Gasteiger partial charge on any atom is -0.496 e. The van der Waals surface area contributed by atoms with Crippen LogP contribution in [0.2, 0.25) is 0 Å². The first-order chi connectivity index (χ1) is 13.2. The number of carbonyl (C=O) groups is 1. The van der Waals surface area contributed by atoms with Gasteiger partial charge in [0.2, 0.25) is 5.56 Å². The van der Waals surface area contributed by atoms with Crippen LogP contribution in [-0.2, 0) is 6.54 Å². The summed E-state index contributed by atoms with van der Waals surface area (Å²) in [4.78, 5) is 27.3. The zero-order valence-corrected chi connectivity index (χ0v) is 14.7. The highest BCUT2D eigenvalue weighted by molar-refractivity contribution is 6.05. The van der Waals surface area contributed by atoms with Crippen molar-refractivity contribution in [3.8, 4) is 17.2 Å². The molecule has 7 heteroatoms. The van der Waals surface area contributed by atoms with Crippen LogP contribution in [-0.4, -0.2) is 31.2 Å². The number of aromatic amines is 1. The second kappa shape index (κ2) is 7.03. The zero-order chi connectivity index (χ0) is 18.8. The van der Waals surface area contributed by atoms with E-state index in [1.165, 1.54) is 6.07 Å². The summed E-state index contributed by atoms with van der Waals surface area (Å²) in [5, 5.41) is 3.53. The first-order valence-electron chi connectivity index (χ1n) is 8.52. The largest absolute Gasteiger partial charge is 0.496 e. The molecule has 0 bridgehead atoms. The summed E-state index contributed by atoms with van der Waals surface area (Å²) < 4.78 is 16.5. The van der Waals surface area contributed by atoms with E-state index in [9.17, 15) is 9.59 Å². The lowest BCUT2D eigenvalue weighted by atomic mass is 10.1. The summed E-state index contributed by atoms with van der Waals surface area (Å²) in [6.07, 6.45) is 0. The van der Waals surface area contributed by atoms with Crippen molar-refractivity contribution in [2.24, 2.45) is 0 Å². The average Bonchev–Trinajstić information content (AvgIpc) is 2.70. The van der Waals surface area contributed by atoms with Gasteiger partial charge in [-0.15, -0.1) is 0 Å². The van der Waals surface area contributed by atoms with Gasteiger partial charge in [0.15, 0.2) is 11.5 Å². The highest BCUT2D eigenvalue weighted by Crippen LogP contribution is 2.36. The SMILES string of the molecule is COc1cc2c(cc1CNC(=O)c1cc(=O)[nH]c3ccccc13)OCCO2. The van der Waals surface area contributed by atoms with Gasteiger partial charge >= 0.3 is 0 Å². The molecule has 2 aromatic carbocycles. The number of ether oxygens (including phenoxy) is 3. The van der Waals surface area contributed by atoms with Crippen molar-refractivity contribution in [3.63, 3.8) is 0 Å². The van der Waals surface area contributed by atoms with Crippen molar-refractivity contribution in [3.05, 3.63) is 63.9 Å². The van der Waals surface area contributed by atoms with E-state index < -0.39 is 0 Å². The lowest BCUT2D eigenvalue weighted by molar-refractivity contribution is 0.0952. The molecule has 0 aliphatic carbocycles. The number of nitrogens with one attached hydrogen (secondary N) is 2. The lowest BCUT2D eigenvalue weighted by Gasteiger charge is -2.21.